The van der Waals surface area contributed by atoms with E-state index in [9.17, 15) is 4.39 Å². The molecule has 4 heteroatoms. The van der Waals surface area contributed by atoms with Gasteiger partial charge in [0.25, 0.3) is 0 Å². The molecule has 3 nitrogen and oxygen atoms in total. The van der Waals surface area contributed by atoms with Crippen molar-refractivity contribution in [3.63, 3.8) is 0 Å². The standard InChI is InChI=1S/C11H12FN3/c12-10-5-9(13)2-1-8(10)3-7-4-11(14)15-6-7/h1-2,4-6,15H,3,13-14H2. The number of hydrogen-bond acceptors (Lipinski definition) is 2. The third kappa shape index (κ3) is 2.10. The summed E-state index contributed by atoms with van der Waals surface area (Å²) in [5, 5.41) is 0. The van der Waals surface area contributed by atoms with Gasteiger partial charge in [0.15, 0.2) is 0 Å². The Hall–Kier alpha value is -1.97. The van der Waals surface area contributed by atoms with Crippen molar-refractivity contribution in [2.75, 3.05) is 11.5 Å². The van der Waals surface area contributed by atoms with Gasteiger partial charge in [-0.25, -0.2) is 4.39 Å². The maximum absolute atomic E-state index is 13.4. The highest BCUT2D eigenvalue weighted by Crippen LogP contribution is 2.17. The van der Waals surface area contributed by atoms with Crippen molar-refractivity contribution in [3.8, 4) is 0 Å². The molecule has 0 atom stereocenters. The second kappa shape index (κ2) is 3.65. The Kier molecular flexibility index (Phi) is 2.33. The van der Waals surface area contributed by atoms with Crippen molar-refractivity contribution in [1.82, 2.24) is 4.98 Å². The molecule has 15 heavy (non-hydrogen) atoms. The Balaban J connectivity index is 2.24. The highest BCUT2D eigenvalue weighted by molar-refractivity contribution is 5.42. The van der Waals surface area contributed by atoms with Crippen molar-refractivity contribution in [3.05, 3.63) is 47.4 Å². The van der Waals surface area contributed by atoms with E-state index in [1.165, 1.54) is 6.07 Å². The predicted octanol–water partition coefficient (Wildman–Crippen LogP) is 1.91. The average molecular weight is 205 g/mol. The van der Waals surface area contributed by atoms with Crippen LogP contribution in [-0.4, -0.2) is 4.98 Å². The van der Waals surface area contributed by atoms with Gasteiger partial charge in [-0.3, -0.25) is 0 Å². The fraction of sp³-hybridized carbons (Fsp3) is 0.0909. The van der Waals surface area contributed by atoms with Crippen LogP contribution in [0.25, 0.3) is 0 Å². The molecule has 2 rings (SSSR count). The normalized spacial score (nSPS) is 10.5. The van der Waals surface area contributed by atoms with E-state index < -0.39 is 0 Å². The summed E-state index contributed by atoms with van der Waals surface area (Å²) in [5.41, 5.74) is 13.0. The second-order valence-corrected chi connectivity index (χ2v) is 3.49. The number of halogens is 1. The summed E-state index contributed by atoms with van der Waals surface area (Å²) >= 11 is 0. The number of benzene rings is 1. The third-order valence-corrected chi connectivity index (χ3v) is 2.24. The number of H-pyrrole nitrogens is 1. The largest absolute Gasteiger partial charge is 0.399 e. The van der Waals surface area contributed by atoms with E-state index >= 15 is 0 Å². The maximum atomic E-state index is 13.4. The lowest BCUT2D eigenvalue weighted by molar-refractivity contribution is 0.614. The number of aromatic nitrogens is 1. The van der Waals surface area contributed by atoms with Crippen LogP contribution in [0.15, 0.2) is 30.5 Å². The molecule has 0 unspecified atom stereocenters. The van der Waals surface area contributed by atoms with E-state index in [2.05, 4.69) is 4.98 Å². The van der Waals surface area contributed by atoms with Crippen LogP contribution in [0.3, 0.4) is 0 Å². The SMILES string of the molecule is Nc1ccc(Cc2c[nH]c(N)c2)c(F)c1. The van der Waals surface area contributed by atoms with Crippen molar-refractivity contribution in [1.29, 1.82) is 0 Å². The zero-order valence-electron chi connectivity index (χ0n) is 8.13. The number of nitrogens with two attached hydrogens (primary N) is 2. The molecule has 1 heterocycles. The predicted molar refractivity (Wildman–Crippen MR) is 58.8 cm³/mol. The minimum atomic E-state index is -0.283. The van der Waals surface area contributed by atoms with E-state index in [0.29, 0.717) is 23.5 Å². The van der Waals surface area contributed by atoms with Crippen molar-refractivity contribution >= 4 is 11.5 Å². The number of aromatic amines is 1. The average Bonchev–Trinajstić information content (AvgIpc) is 2.56. The number of anilines is 2. The van der Waals surface area contributed by atoms with E-state index in [-0.39, 0.29) is 5.82 Å². The summed E-state index contributed by atoms with van der Waals surface area (Å²) in [7, 11) is 0. The number of rotatable bonds is 2. The Bertz CT molecular complexity index is 476. The molecule has 5 N–H and O–H groups in total. The van der Waals surface area contributed by atoms with E-state index in [1.807, 2.05) is 0 Å². The fourth-order valence-electron chi connectivity index (χ4n) is 1.49. The number of nitrogen functional groups attached to an aromatic ring is 2. The van der Waals surface area contributed by atoms with Gasteiger partial charge in [-0.05, 0) is 29.3 Å². The Morgan fingerprint density at radius 1 is 1.20 bits per heavy atom. The Labute approximate surface area is 86.9 Å². The molecule has 78 valence electrons. The van der Waals surface area contributed by atoms with Gasteiger partial charge in [-0.2, -0.15) is 0 Å². The van der Waals surface area contributed by atoms with Gasteiger partial charge < -0.3 is 16.5 Å². The summed E-state index contributed by atoms with van der Waals surface area (Å²) in [6.07, 6.45) is 2.28. The fourth-order valence-corrected chi connectivity index (χ4v) is 1.49. The Morgan fingerprint density at radius 2 is 2.00 bits per heavy atom. The van der Waals surface area contributed by atoms with Gasteiger partial charge >= 0.3 is 0 Å². The lowest BCUT2D eigenvalue weighted by Gasteiger charge is -2.02. The first-order chi connectivity index (χ1) is 7.15. The quantitative estimate of drug-likeness (QED) is 0.655. The van der Waals surface area contributed by atoms with Crippen LogP contribution >= 0.6 is 0 Å². The lowest BCUT2D eigenvalue weighted by atomic mass is 10.1. The Morgan fingerprint density at radius 3 is 2.60 bits per heavy atom. The molecule has 0 spiro atoms. The molecule has 1 aromatic carbocycles. The lowest BCUT2D eigenvalue weighted by Crippen LogP contribution is -1.94. The summed E-state index contributed by atoms with van der Waals surface area (Å²) in [5.74, 6) is 0.302. The monoisotopic (exact) mass is 205 g/mol. The van der Waals surface area contributed by atoms with Gasteiger partial charge in [0, 0.05) is 18.3 Å². The zero-order chi connectivity index (χ0) is 10.8. The molecule has 0 bridgehead atoms. The van der Waals surface area contributed by atoms with E-state index in [1.54, 1.807) is 24.4 Å². The molecular weight excluding hydrogens is 193 g/mol. The van der Waals surface area contributed by atoms with Gasteiger partial charge in [-0.15, -0.1) is 0 Å². The molecule has 1 aromatic heterocycles. The summed E-state index contributed by atoms with van der Waals surface area (Å²) in [6, 6.07) is 6.49. The molecular formula is C11H12FN3. The van der Waals surface area contributed by atoms with Crippen LogP contribution < -0.4 is 11.5 Å². The highest BCUT2D eigenvalue weighted by Gasteiger charge is 2.04. The van der Waals surface area contributed by atoms with Crippen LogP contribution in [0.1, 0.15) is 11.1 Å². The zero-order valence-corrected chi connectivity index (χ0v) is 8.13. The smallest absolute Gasteiger partial charge is 0.128 e. The molecule has 0 radical (unpaired) electrons. The first-order valence-corrected chi connectivity index (χ1v) is 4.62. The molecule has 0 aliphatic carbocycles. The first-order valence-electron chi connectivity index (χ1n) is 4.62. The second-order valence-electron chi connectivity index (χ2n) is 3.49. The molecule has 0 aliphatic rings. The van der Waals surface area contributed by atoms with Crippen LogP contribution in [0, 0.1) is 5.82 Å². The van der Waals surface area contributed by atoms with Crippen molar-refractivity contribution in [2.45, 2.75) is 6.42 Å². The van der Waals surface area contributed by atoms with Crippen molar-refractivity contribution in [2.24, 2.45) is 0 Å². The molecule has 0 saturated carbocycles. The first kappa shape index (κ1) is 9.58. The maximum Gasteiger partial charge on any atom is 0.128 e. The minimum Gasteiger partial charge on any atom is -0.399 e. The topological polar surface area (TPSA) is 67.8 Å². The van der Waals surface area contributed by atoms with Crippen LogP contribution in [0.2, 0.25) is 0 Å². The van der Waals surface area contributed by atoms with E-state index in [0.717, 1.165) is 5.56 Å². The number of nitrogens with one attached hydrogen (secondary N) is 1. The van der Waals surface area contributed by atoms with Gasteiger partial charge in [-0.1, -0.05) is 6.07 Å². The van der Waals surface area contributed by atoms with Gasteiger partial charge in [0.1, 0.15) is 11.6 Å². The van der Waals surface area contributed by atoms with Crippen LogP contribution in [0.5, 0.6) is 0 Å². The van der Waals surface area contributed by atoms with Crippen molar-refractivity contribution < 1.29 is 4.39 Å². The molecule has 2 aromatic rings. The molecule has 0 aliphatic heterocycles. The van der Waals surface area contributed by atoms with Crippen LogP contribution in [0.4, 0.5) is 15.9 Å². The summed E-state index contributed by atoms with van der Waals surface area (Å²) in [4.78, 5) is 2.85. The minimum absolute atomic E-state index is 0.283. The summed E-state index contributed by atoms with van der Waals surface area (Å²) in [6.45, 7) is 0. The number of hydrogen-bond donors (Lipinski definition) is 3. The molecule has 0 saturated heterocycles. The molecule has 0 amide bonds. The summed E-state index contributed by atoms with van der Waals surface area (Å²) < 4.78 is 13.4. The molecule has 0 fully saturated rings. The van der Waals surface area contributed by atoms with Gasteiger partial charge in [0.05, 0.1) is 0 Å². The third-order valence-electron chi connectivity index (χ3n) is 2.24. The van der Waals surface area contributed by atoms with Gasteiger partial charge in [0.2, 0.25) is 0 Å². The van der Waals surface area contributed by atoms with Crippen LogP contribution in [-0.2, 0) is 6.42 Å². The van der Waals surface area contributed by atoms with E-state index in [4.69, 9.17) is 11.5 Å². The highest BCUT2D eigenvalue weighted by atomic mass is 19.1.